The first-order valence-corrected chi connectivity index (χ1v) is 11.3. The van der Waals surface area contributed by atoms with Crippen molar-refractivity contribution < 1.29 is 14.3 Å². The summed E-state index contributed by atoms with van der Waals surface area (Å²) in [5.74, 6) is -0.285. The standard InChI is InChI=1S/C19H25N3O4S2/c1-4-22-17(24)15-14(8-11-27-15)20-19(22)28-12(3)16(23)21-9-6-13(7-10-21)18(25)26-5-2/h8,11-13H,4-7,9-10H2,1-3H3. The summed E-state index contributed by atoms with van der Waals surface area (Å²) in [6.45, 7) is 7.52. The Balaban J connectivity index is 1.68. The second kappa shape index (κ2) is 9.09. The molecule has 1 atom stereocenters. The molecule has 1 aliphatic rings. The van der Waals surface area contributed by atoms with Crippen molar-refractivity contribution in [3.05, 3.63) is 21.8 Å². The molecule has 7 nitrogen and oxygen atoms in total. The number of rotatable bonds is 6. The van der Waals surface area contributed by atoms with Gasteiger partial charge in [0.1, 0.15) is 4.70 Å². The minimum Gasteiger partial charge on any atom is -0.466 e. The monoisotopic (exact) mass is 423 g/mol. The summed E-state index contributed by atoms with van der Waals surface area (Å²) < 4.78 is 7.35. The minimum absolute atomic E-state index is 0.00891. The van der Waals surface area contributed by atoms with Crippen LogP contribution in [0.15, 0.2) is 21.4 Å². The lowest BCUT2D eigenvalue weighted by Gasteiger charge is -2.32. The van der Waals surface area contributed by atoms with Gasteiger partial charge >= 0.3 is 5.97 Å². The number of nitrogens with zero attached hydrogens (tertiary/aromatic N) is 3. The average molecular weight is 424 g/mol. The number of amides is 1. The van der Waals surface area contributed by atoms with Gasteiger partial charge in [-0.15, -0.1) is 11.3 Å². The van der Waals surface area contributed by atoms with Crippen LogP contribution in [-0.4, -0.2) is 51.3 Å². The lowest BCUT2D eigenvalue weighted by molar-refractivity contribution is -0.151. The fourth-order valence-corrected chi connectivity index (χ4v) is 5.19. The Morgan fingerprint density at radius 1 is 1.36 bits per heavy atom. The third-order valence-electron chi connectivity index (χ3n) is 4.90. The van der Waals surface area contributed by atoms with Crippen LogP contribution in [0.2, 0.25) is 0 Å². The second-order valence-electron chi connectivity index (χ2n) is 6.69. The lowest BCUT2D eigenvalue weighted by Crippen LogP contribution is -2.43. The van der Waals surface area contributed by atoms with E-state index in [2.05, 4.69) is 4.98 Å². The molecule has 1 unspecified atom stereocenters. The van der Waals surface area contributed by atoms with Crippen molar-refractivity contribution in [2.24, 2.45) is 5.92 Å². The molecule has 0 aliphatic carbocycles. The Morgan fingerprint density at radius 2 is 2.07 bits per heavy atom. The van der Waals surface area contributed by atoms with E-state index in [9.17, 15) is 14.4 Å². The van der Waals surface area contributed by atoms with E-state index in [1.165, 1.54) is 23.1 Å². The van der Waals surface area contributed by atoms with E-state index in [-0.39, 0.29) is 28.6 Å². The van der Waals surface area contributed by atoms with Crippen molar-refractivity contribution in [3.63, 3.8) is 0 Å². The number of thioether (sulfide) groups is 1. The van der Waals surface area contributed by atoms with E-state index >= 15 is 0 Å². The van der Waals surface area contributed by atoms with Crippen molar-refractivity contribution >= 4 is 45.2 Å². The molecule has 3 heterocycles. The van der Waals surface area contributed by atoms with Crippen LogP contribution in [-0.2, 0) is 20.9 Å². The van der Waals surface area contributed by atoms with E-state index in [1.54, 1.807) is 16.4 Å². The van der Waals surface area contributed by atoms with Crippen molar-refractivity contribution in [1.82, 2.24) is 14.5 Å². The SMILES string of the molecule is CCOC(=O)C1CCN(C(=O)C(C)Sc2nc3ccsc3c(=O)n2CC)CC1. The maximum atomic E-state index is 12.9. The highest BCUT2D eigenvalue weighted by Crippen LogP contribution is 2.27. The van der Waals surface area contributed by atoms with Gasteiger partial charge in [-0.25, -0.2) is 4.98 Å². The van der Waals surface area contributed by atoms with Crippen molar-refractivity contribution in [1.29, 1.82) is 0 Å². The van der Waals surface area contributed by atoms with E-state index in [0.717, 1.165) is 0 Å². The van der Waals surface area contributed by atoms with Gasteiger partial charge in [0.05, 0.1) is 23.3 Å². The normalized spacial score (nSPS) is 16.3. The zero-order valence-corrected chi connectivity index (χ0v) is 18.0. The highest BCUT2D eigenvalue weighted by atomic mass is 32.2. The van der Waals surface area contributed by atoms with E-state index in [1.807, 2.05) is 25.3 Å². The zero-order chi connectivity index (χ0) is 20.3. The number of hydrogen-bond donors (Lipinski definition) is 0. The minimum atomic E-state index is -0.361. The summed E-state index contributed by atoms with van der Waals surface area (Å²) in [6.07, 6.45) is 1.25. The second-order valence-corrected chi connectivity index (χ2v) is 8.91. The molecule has 2 aromatic heterocycles. The number of ether oxygens (including phenoxy) is 1. The molecule has 1 amide bonds. The number of esters is 1. The van der Waals surface area contributed by atoms with Crippen molar-refractivity contribution in [3.8, 4) is 0 Å². The number of piperidine rings is 1. The molecular formula is C19H25N3O4S2. The molecule has 1 saturated heterocycles. The number of hydrogen-bond acceptors (Lipinski definition) is 7. The molecule has 28 heavy (non-hydrogen) atoms. The number of fused-ring (bicyclic) bond motifs is 1. The Hall–Kier alpha value is -1.87. The number of thiophene rings is 1. The van der Waals surface area contributed by atoms with Gasteiger partial charge < -0.3 is 9.64 Å². The van der Waals surface area contributed by atoms with Crippen LogP contribution in [0, 0.1) is 5.92 Å². The molecule has 3 rings (SSSR count). The Labute approximate surface area is 172 Å². The number of aromatic nitrogens is 2. The number of carbonyl (C=O) groups is 2. The molecule has 0 spiro atoms. The molecule has 1 fully saturated rings. The number of carbonyl (C=O) groups excluding carboxylic acids is 2. The highest BCUT2D eigenvalue weighted by molar-refractivity contribution is 8.00. The van der Waals surface area contributed by atoms with Crippen LogP contribution in [0.5, 0.6) is 0 Å². The lowest BCUT2D eigenvalue weighted by atomic mass is 9.97. The van der Waals surface area contributed by atoms with E-state index in [4.69, 9.17) is 4.74 Å². The summed E-state index contributed by atoms with van der Waals surface area (Å²) in [4.78, 5) is 43.8. The smallest absolute Gasteiger partial charge is 0.309 e. The summed E-state index contributed by atoms with van der Waals surface area (Å²) in [6, 6.07) is 1.83. The molecule has 0 N–H and O–H groups in total. The maximum absolute atomic E-state index is 12.9. The first-order valence-electron chi connectivity index (χ1n) is 9.56. The molecular weight excluding hydrogens is 398 g/mol. The van der Waals surface area contributed by atoms with Crippen LogP contribution in [0.1, 0.15) is 33.6 Å². The van der Waals surface area contributed by atoms with Gasteiger partial charge in [0.2, 0.25) is 5.91 Å². The Morgan fingerprint density at radius 3 is 2.71 bits per heavy atom. The Bertz CT molecular complexity index is 916. The van der Waals surface area contributed by atoms with Crippen LogP contribution in [0.3, 0.4) is 0 Å². The van der Waals surface area contributed by atoms with Gasteiger partial charge in [-0.1, -0.05) is 11.8 Å². The third kappa shape index (κ3) is 4.25. The first kappa shape index (κ1) is 20.9. The van der Waals surface area contributed by atoms with Gasteiger partial charge in [0.15, 0.2) is 5.16 Å². The third-order valence-corrected chi connectivity index (χ3v) is 6.87. The van der Waals surface area contributed by atoms with Crippen LogP contribution in [0.25, 0.3) is 10.2 Å². The molecule has 1 aliphatic heterocycles. The van der Waals surface area contributed by atoms with Gasteiger partial charge in [-0.05, 0) is 45.1 Å². The predicted octanol–water partition coefficient (Wildman–Crippen LogP) is 2.76. The summed E-state index contributed by atoms with van der Waals surface area (Å²) >= 11 is 2.71. The molecule has 9 heteroatoms. The maximum Gasteiger partial charge on any atom is 0.309 e. The average Bonchev–Trinajstić information content (AvgIpc) is 3.17. The first-order chi connectivity index (χ1) is 13.5. The Kier molecular flexibility index (Phi) is 6.77. The summed E-state index contributed by atoms with van der Waals surface area (Å²) in [5, 5.41) is 2.07. The molecule has 2 aromatic rings. The van der Waals surface area contributed by atoms with Crippen molar-refractivity contribution in [2.75, 3.05) is 19.7 Å². The molecule has 152 valence electrons. The fourth-order valence-electron chi connectivity index (χ4n) is 3.35. The van der Waals surface area contributed by atoms with Gasteiger partial charge in [0, 0.05) is 19.6 Å². The van der Waals surface area contributed by atoms with Gasteiger partial charge in [-0.2, -0.15) is 0 Å². The highest BCUT2D eigenvalue weighted by Gasteiger charge is 2.31. The molecule has 0 bridgehead atoms. The van der Waals surface area contributed by atoms with Crippen LogP contribution >= 0.6 is 23.1 Å². The molecule has 0 aromatic carbocycles. The summed E-state index contributed by atoms with van der Waals surface area (Å²) in [5.41, 5.74) is 0.622. The van der Waals surface area contributed by atoms with Crippen LogP contribution < -0.4 is 5.56 Å². The predicted molar refractivity (Wildman–Crippen MR) is 111 cm³/mol. The molecule has 0 saturated carbocycles. The zero-order valence-electron chi connectivity index (χ0n) is 16.3. The van der Waals surface area contributed by atoms with E-state index < -0.39 is 0 Å². The van der Waals surface area contributed by atoms with E-state index in [0.29, 0.717) is 54.5 Å². The topological polar surface area (TPSA) is 81.5 Å². The largest absolute Gasteiger partial charge is 0.466 e. The molecule has 0 radical (unpaired) electrons. The van der Waals surface area contributed by atoms with Crippen LogP contribution in [0.4, 0.5) is 0 Å². The quantitative estimate of drug-likeness (QED) is 0.404. The number of likely N-dealkylation sites (tertiary alicyclic amines) is 1. The summed E-state index contributed by atoms with van der Waals surface area (Å²) in [7, 11) is 0. The van der Waals surface area contributed by atoms with Gasteiger partial charge in [0.25, 0.3) is 5.56 Å². The fraction of sp³-hybridized carbons (Fsp3) is 0.579. The van der Waals surface area contributed by atoms with Crippen molar-refractivity contribution in [2.45, 2.75) is 50.6 Å². The van der Waals surface area contributed by atoms with Gasteiger partial charge in [-0.3, -0.25) is 19.0 Å².